The van der Waals surface area contributed by atoms with Crippen LogP contribution in [0, 0.1) is 11.7 Å². The molecule has 112 valence electrons. The number of hydrogen-bond acceptors (Lipinski definition) is 1. The first-order valence-electron chi connectivity index (χ1n) is 7.88. The molecule has 0 radical (unpaired) electrons. The summed E-state index contributed by atoms with van der Waals surface area (Å²) in [6.07, 6.45) is 8.88. The molecule has 2 rings (SSSR count). The number of halogens is 2. The van der Waals surface area contributed by atoms with Gasteiger partial charge in [0.15, 0.2) is 0 Å². The highest BCUT2D eigenvalue weighted by atomic mass is 79.9. The summed E-state index contributed by atoms with van der Waals surface area (Å²) in [5.74, 6) is 0.663. The van der Waals surface area contributed by atoms with E-state index in [0.29, 0.717) is 10.5 Å². The van der Waals surface area contributed by atoms with Crippen molar-refractivity contribution in [3.8, 4) is 0 Å². The Labute approximate surface area is 130 Å². The summed E-state index contributed by atoms with van der Waals surface area (Å²) < 4.78 is 13.8. The molecule has 0 bridgehead atoms. The van der Waals surface area contributed by atoms with Crippen LogP contribution < -0.4 is 5.32 Å². The van der Waals surface area contributed by atoms with Gasteiger partial charge in [0.2, 0.25) is 0 Å². The fourth-order valence-electron chi connectivity index (χ4n) is 3.21. The first-order valence-corrected chi connectivity index (χ1v) is 8.67. The van der Waals surface area contributed by atoms with Gasteiger partial charge in [0.25, 0.3) is 0 Å². The van der Waals surface area contributed by atoms with Crippen molar-refractivity contribution in [2.75, 3.05) is 6.54 Å². The van der Waals surface area contributed by atoms with Gasteiger partial charge in [-0.1, -0.05) is 25.8 Å². The summed E-state index contributed by atoms with van der Waals surface area (Å²) in [6.45, 7) is 3.32. The highest BCUT2D eigenvalue weighted by molar-refractivity contribution is 9.10. The van der Waals surface area contributed by atoms with Gasteiger partial charge in [0.05, 0.1) is 4.47 Å². The molecule has 0 heterocycles. The molecular weight excluding hydrogens is 317 g/mol. The molecule has 0 aromatic heterocycles. The van der Waals surface area contributed by atoms with Crippen molar-refractivity contribution in [1.82, 2.24) is 5.32 Å². The molecule has 1 unspecified atom stereocenters. The normalized spacial score (nSPS) is 17.6. The molecule has 1 saturated carbocycles. The van der Waals surface area contributed by atoms with Crippen LogP contribution in [0.3, 0.4) is 0 Å². The van der Waals surface area contributed by atoms with Gasteiger partial charge in [-0.3, -0.25) is 0 Å². The molecule has 0 amide bonds. The quantitative estimate of drug-likeness (QED) is 0.729. The SMILES string of the molecule is CCCNC(CCc1ccc(F)c(Br)c1)C1CCCC1. The average Bonchev–Trinajstić information content (AvgIpc) is 2.97. The average molecular weight is 342 g/mol. The Hall–Kier alpha value is -0.410. The van der Waals surface area contributed by atoms with Crippen LogP contribution in [-0.2, 0) is 6.42 Å². The minimum absolute atomic E-state index is 0.176. The molecule has 1 atom stereocenters. The largest absolute Gasteiger partial charge is 0.314 e. The van der Waals surface area contributed by atoms with E-state index in [9.17, 15) is 4.39 Å². The highest BCUT2D eigenvalue weighted by Gasteiger charge is 2.24. The van der Waals surface area contributed by atoms with Gasteiger partial charge >= 0.3 is 0 Å². The van der Waals surface area contributed by atoms with Crippen molar-refractivity contribution >= 4 is 15.9 Å². The van der Waals surface area contributed by atoms with Gasteiger partial charge in [-0.25, -0.2) is 4.39 Å². The molecule has 1 nitrogen and oxygen atoms in total. The Bertz CT molecular complexity index is 415. The Balaban J connectivity index is 1.91. The summed E-state index contributed by atoms with van der Waals surface area (Å²) in [5.41, 5.74) is 1.22. The predicted molar refractivity (Wildman–Crippen MR) is 86.5 cm³/mol. The van der Waals surface area contributed by atoms with Crippen molar-refractivity contribution in [2.45, 2.75) is 57.9 Å². The Kier molecular flexibility index (Phi) is 6.50. The second-order valence-electron chi connectivity index (χ2n) is 5.89. The van der Waals surface area contributed by atoms with Crippen molar-refractivity contribution in [2.24, 2.45) is 5.92 Å². The Morgan fingerprint density at radius 1 is 1.35 bits per heavy atom. The summed E-state index contributed by atoms with van der Waals surface area (Å²) >= 11 is 3.27. The zero-order valence-corrected chi connectivity index (χ0v) is 13.9. The molecule has 0 spiro atoms. The van der Waals surface area contributed by atoms with E-state index in [2.05, 4.69) is 28.2 Å². The molecule has 1 aromatic rings. The van der Waals surface area contributed by atoms with Crippen LogP contribution in [0.2, 0.25) is 0 Å². The maximum Gasteiger partial charge on any atom is 0.137 e. The first kappa shape index (κ1) is 16.0. The Morgan fingerprint density at radius 3 is 2.75 bits per heavy atom. The number of aryl methyl sites for hydroxylation is 1. The maximum atomic E-state index is 13.3. The third-order valence-corrected chi connectivity index (χ3v) is 4.96. The van der Waals surface area contributed by atoms with Gasteiger partial charge in [-0.2, -0.15) is 0 Å². The van der Waals surface area contributed by atoms with E-state index < -0.39 is 0 Å². The van der Waals surface area contributed by atoms with E-state index in [4.69, 9.17) is 0 Å². The first-order chi connectivity index (χ1) is 9.70. The minimum Gasteiger partial charge on any atom is -0.314 e. The lowest BCUT2D eigenvalue weighted by Crippen LogP contribution is -2.36. The second kappa shape index (κ2) is 8.14. The Morgan fingerprint density at radius 2 is 2.10 bits per heavy atom. The van der Waals surface area contributed by atoms with Gasteiger partial charge in [-0.05, 0) is 78.2 Å². The van der Waals surface area contributed by atoms with E-state index in [1.165, 1.54) is 37.7 Å². The van der Waals surface area contributed by atoms with Crippen LogP contribution in [0.15, 0.2) is 22.7 Å². The minimum atomic E-state index is -0.176. The van der Waals surface area contributed by atoms with Gasteiger partial charge in [0.1, 0.15) is 5.82 Å². The van der Waals surface area contributed by atoms with Crippen LogP contribution in [0.5, 0.6) is 0 Å². The zero-order chi connectivity index (χ0) is 14.4. The van der Waals surface area contributed by atoms with Crippen LogP contribution in [0.25, 0.3) is 0 Å². The standard InChI is InChI=1S/C17H25BrFN/c1-2-11-20-17(14-5-3-4-6-14)10-8-13-7-9-16(19)15(18)12-13/h7,9,12,14,17,20H,2-6,8,10-11H2,1H3. The lowest BCUT2D eigenvalue weighted by molar-refractivity contribution is 0.341. The highest BCUT2D eigenvalue weighted by Crippen LogP contribution is 2.30. The van der Waals surface area contributed by atoms with Crippen molar-refractivity contribution in [3.05, 3.63) is 34.1 Å². The third-order valence-electron chi connectivity index (χ3n) is 4.35. The van der Waals surface area contributed by atoms with E-state index in [1.807, 2.05) is 12.1 Å². The molecular formula is C17H25BrFN. The molecule has 1 aromatic carbocycles. The number of benzene rings is 1. The van der Waals surface area contributed by atoms with E-state index in [-0.39, 0.29) is 5.82 Å². The summed E-state index contributed by atoms with van der Waals surface area (Å²) in [5, 5.41) is 3.72. The summed E-state index contributed by atoms with van der Waals surface area (Å²) in [4.78, 5) is 0. The van der Waals surface area contributed by atoms with Crippen molar-refractivity contribution < 1.29 is 4.39 Å². The van der Waals surface area contributed by atoms with Gasteiger partial charge in [-0.15, -0.1) is 0 Å². The fourth-order valence-corrected chi connectivity index (χ4v) is 3.64. The lowest BCUT2D eigenvalue weighted by atomic mass is 9.92. The maximum absolute atomic E-state index is 13.3. The molecule has 1 aliphatic carbocycles. The van der Waals surface area contributed by atoms with Crippen LogP contribution >= 0.6 is 15.9 Å². The summed E-state index contributed by atoms with van der Waals surface area (Å²) in [6, 6.07) is 6.01. The smallest absolute Gasteiger partial charge is 0.137 e. The fraction of sp³-hybridized carbons (Fsp3) is 0.647. The van der Waals surface area contributed by atoms with Crippen LogP contribution in [0.1, 0.15) is 51.0 Å². The van der Waals surface area contributed by atoms with Crippen molar-refractivity contribution in [3.63, 3.8) is 0 Å². The third kappa shape index (κ3) is 4.56. The number of nitrogens with one attached hydrogen (secondary N) is 1. The van der Waals surface area contributed by atoms with Crippen molar-refractivity contribution in [1.29, 1.82) is 0 Å². The number of rotatable bonds is 7. The molecule has 1 fully saturated rings. The molecule has 0 aliphatic heterocycles. The molecule has 1 aliphatic rings. The van der Waals surface area contributed by atoms with Crippen LogP contribution in [0.4, 0.5) is 4.39 Å². The van der Waals surface area contributed by atoms with E-state index >= 15 is 0 Å². The van der Waals surface area contributed by atoms with Crippen LogP contribution in [-0.4, -0.2) is 12.6 Å². The lowest BCUT2D eigenvalue weighted by Gasteiger charge is -2.25. The summed E-state index contributed by atoms with van der Waals surface area (Å²) in [7, 11) is 0. The predicted octanol–water partition coefficient (Wildman–Crippen LogP) is 5.08. The molecule has 3 heteroatoms. The van der Waals surface area contributed by atoms with E-state index in [0.717, 1.165) is 25.3 Å². The zero-order valence-electron chi connectivity index (χ0n) is 12.3. The monoisotopic (exact) mass is 341 g/mol. The molecule has 20 heavy (non-hydrogen) atoms. The van der Waals surface area contributed by atoms with E-state index in [1.54, 1.807) is 6.07 Å². The molecule has 1 N–H and O–H groups in total. The topological polar surface area (TPSA) is 12.0 Å². The van der Waals surface area contributed by atoms with Gasteiger partial charge in [0, 0.05) is 6.04 Å². The van der Waals surface area contributed by atoms with Gasteiger partial charge < -0.3 is 5.32 Å². The second-order valence-corrected chi connectivity index (χ2v) is 6.75. The number of hydrogen-bond donors (Lipinski definition) is 1. The molecule has 0 saturated heterocycles.